The van der Waals surface area contributed by atoms with Gasteiger partial charge in [-0.1, -0.05) is 63.9 Å². The molecule has 0 saturated carbocycles. The first-order chi connectivity index (χ1) is 9.19. The third kappa shape index (κ3) is 5.09. The molecule has 0 saturated heterocycles. The maximum absolute atomic E-state index is 9.29. The van der Waals surface area contributed by atoms with Crippen LogP contribution in [0.2, 0.25) is 0 Å². The van der Waals surface area contributed by atoms with Crippen LogP contribution in [0.15, 0.2) is 57.0 Å². The summed E-state index contributed by atoms with van der Waals surface area (Å²) < 4.78 is 2.07. The van der Waals surface area contributed by atoms with Gasteiger partial charge in [0.15, 0.2) is 0 Å². The van der Waals surface area contributed by atoms with Crippen molar-refractivity contribution in [2.45, 2.75) is 20.3 Å². The molecule has 0 atom stereocenters. The van der Waals surface area contributed by atoms with E-state index in [1.807, 2.05) is 38.1 Å². The minimum atomic E-state index is 0.0941. The van der Waals surface area contributed by atoms with Gasteiger partial charge in [-0.3, -0.25) is 0 Å². The summed E-state index contributed by atoms with van der Waals surface area (Å²) in [4.78, 5) is 0. The molecule has 102 valence electrons. The summed E-state index contributed by atoms with van der Waals surface area (Å²) >= 11 is 6.88. The second-order valence-electron chi connectivity index (χ2n) is 3.89. The van der Waals surface area contributed by atoms with Crippen molar-refractivity contribution in [2.75, 3.05) is 6.61 Å². The number of halogens is 2. The fourth-order valence-electron chi connectivity index (χ4n) is 1.74. The highest BCUT2D eigenvalue weighted by molar-refractivity contribution is 9.12. The molecule has 0 heterocycles. The molecule has 3 heteroatoms. The number of rotatable bonds is 2. The van der Waals surface area contributed by atoms with Crippen LogP contribution in [-0.2, 0) is 0 Å². The molecule has 1 aromatic carbocycles. The van der Waals surface area contributed by atoms with Gasteiger partial charge in [-0.05, 0) is 47.4 Å². The van der Waals surface area contributed by atoms with E-state index in [1.54, 1.807) is 0 Å². The molecule has 0 spiro atoms. The first-order valence-electron chi connectivity index (χ1n) is 6.31. The van der Waals surface area contributed by atoms with Gasteiger partial charge in [0.25, 0.3) is 0 Å². The maximum Gasteiger partial charge on any atom is 0.0648 e. The van der Waals surface area contributed by atoms with Crippen LogP contribution in [-0.4, -0.2) is 11.7 Å². The first-order valence-corrected chi connectivity index (χ1v) is 7.90. The van der Waals surface area contributed by atoms with Gasteiger partial charge in [-0.15, -0.1) is 0 Å². The Balaban J connectivity index is 0.000000861. The summed E-state index contributed by atoms with van der Waals surface area (Å²) in [5.41, 5.74) is 3.41. The smallest absolute Gasteiger partial charge is 0.0648 e. The van der Waals surface area contributed by atoms with Crippen molar-refractivity contribution in [3.8, 4) is 0 Å². The molecule has 0 aromatic heterocycles. The van der Waals surface area contributed by atoms with E-state index in [2.05, 4.69) is 50.1 Å². The summed E-state index contributed by atoms with van der Waals surface area (Å²) in [6.07, 6.45) is 6.86. The van der Waals surface area contributed by atoms with E-state index in [1.165, 1.54) is 11.1 Å². The van der Waals surface area contributed by atoms with Gasteiger partial charge in [-0.25, -0.2) is 0 Å². The van der Waals surface area contributed by atoms with Crippen molar-refractivity contribution in [3.05, 3.63) is 62.6 Å². The summed E-state index contributed by atoms with van der Waals surface area (Å²) in [5.74, 6) is 0. The van der Waals surface area contributed by atoms with Crippen LogP contribution in [0.5, 0.6) is 0 Å². The van der Waals surface area contributed by atoms with Gasteiger partial charge >= 0.3 is 0 Å². The minimum Gasteiger partial charge on any atom is -0.392 e. The van der Waals surface area contributed by atoms with E-state index in [4.69, 9.17) is 0 Å². The first kappa shape index (κ1) is 16.4. The maximum atomic E-state index is 9.29. The van der Waals surface area contributed by atoms with E-state index in [0.29, 0.717) is 0 Å². The highest BCUT2D eigenvalue weighted by Crippen LogP contribution is 2.28. The molecule has 1 N–H and O–H groups in total. The summed E-state index contributed by atoms with van der Waals surface area (Å²) in [5, 5.41) is 9.29. The lowest BCUT2D eigenvalue weighted by Gasteiger charge is -2.08. The van der Waals surface area contributed by atoms with Crippen molar-refractivity contribution < 1.29 is 5.11 Å². The molecule has 1 aliphatic rings. The zero-order chi connectivity index (χ0) is 14.3. The molecule has 0 aliphatic heterocycles. The molecular weight excluding hydrogens is 368 g/mol. The van der Waals surface area contributed by atoms with E-state index in [0.717, 1.165) is 20.9 Å². The molecular formula is C16H18Br2O. The van der Waals surface area contributed by atoms with Crippen LogP contribution >= 0.6 is 31.9 Å². The van der Waals surface area contributed by atoms with Gasteiger partial charge < -0.3 is 5.11 Å². The van der Waals surface area contributed by atoms with Crippen LogP contribution in [0.4, 0.5) is 0 Å². The number of aliphatic hydroxyl groups excluding tert-OH is 1. The summed E-state index contributed by atoms with van der Waals surface area (Å²) in [7, 11) is 0. The van der Waals surface area contributed by atoms with Crippen molar-refractivity contribution in [1.82, 2.24) is 0 Å². The Morgan fingerprint density at radius 3 is 2.26 bits per heavy atom. The van der Waals surface area contributed by atoms with Gasteiger partial charge in [0.1, 0.15) is 0 Å². The van der Waals surface area contributed by atoms with Crippen molar-refractivity contribution in [1.29, 1.82) is 0 Å². The minimum absolute atomic E-state index is 0.0941. The predicted molar refractivity (Wildman–Crippen MR) is 90.3 cm³/mol. The predicted octanol–water partition coefficient (Wildman–Crippen LogP) is 5.46. The molecule has 2 rings (SSSR count). The van der Waals surface area contributed by atoms with E-state index in [-0.39, 0.29) is 6.61 Å². The Hall–Kier alpha value is -0.640. The molecule has 0 radical (unpaired) electrons. The van der Waals surface area contributed by atoms with Crippen LogP contribution in [0.25, 0.3) is 5.57 Å². The standard InChI is InChI=1S/C14H12Br2O.C2H6/c15-13-4-1-11(2-5-13)12-3-6-14(16)8-10(7-12)9-17;1-2/h1-6,8,17H,7,9H2;1-2H3. The van der Waals surface area contributed by atoms with Crippen LogP contribution in [0.3, 0.4) is 0 Å². The molecule has 0 unspecified atom stereocenters. The van der Waals surface area contributed by atoms with E-state index >= 15 is 0 Å². The quantitative estimate of drug-likeness (QED) is 0.716. The molecule has 0 bridgehead atoms. The zero-order valence-electron chi connectivity index (χ0n) is 11.2. The van der Waals surface area contributed by atoms with Crippen LogP contribution in [0.1, 0.15) is 25.8 Å². The Bertz CT molecular complexity index is 496. The number of aliphatic hydroxyl groups is 1. The topological polar surface area (TPSA) is 20.2 Å². The number of hydrogen-bond donors (Lipinski definition) is 1. The SMILES string of the molecule is CC.OCC1=CC(Br)=CC=C(c2ccc(Br)cc2)C1. The number of hydrogen-bond acceptors (Lipinski definition) is 1. The van der Waals surface area contributed by atoms with Gasteiger partial charge in [-0.2, -0.15) is 0 Å². The average molecular weight is 386 g/mol. The molecule has 1 aliphatic carbocycles. The van der Waals surface area contributed by atoms with Crippen LogP contribution in [0, 0.1) is 0 Å². The Labute approximate surface area is 132 Å². The molecule has 1 aromatic rings. The van der Waals surface area contributed by atoms with E-state index in [9.17, 15) is 5.11 Å². The van der Waals surface area contributed by atoms with Gasteiger partial charge in [0.2, 0.25) is 0 Å². The Morgan fingerprint density at radius 2 is 1.68 bits per heavy atom. The van der Waals surface area contributed by atoms with Crippen molar-refractivity contribution in [3.63, 3.8) is 0 Å². The molecule has 19 heavy (non-hydrogen) atoms. The second kappa shape index (κ2) is 8.51. The van der Waals surface area contributed by atoms with Crippen molar-refractivity contribution in [2.24, 2.45) is 0 Å². The average Bonchev–Trinajstić information content (AvgIpc) is 2.64. The monoisotopic (exact) mass is 384 g/mol. The van der Waals surface area contributed by atoms with Gasteiger partial charge in [0.05, 0.1) is 6.61 Å². The lowest BCUT2D eigenvalue weighted by molar-refractivity contribution is 0.329. The van der Waals surface area contributed by atoms with E-state index < -0.39 is 0 Å². The third-order valence-corrected chi connectivity index (χ3v) is 3.64. The summed E-state index contributed by atoms with van der Waals surface area (Å²) in [6.45, 7) is 4.09. The normalized spacial score (nSPS) is 14.5. The fourth-order valence-corrected chi connectivity index (χ4v) is 2.46. The van der Waals surface area contributed by atoms with Crippen molar-refractivity contribution >= 4 is 37.4 Å². The number of benzene rings is 1. The Morgan fingerprint density at radius 1 is 1.05 bits per heavy atom. The lowest BCUT2D eigenvalue weighted by Crippen LogP contribution is -1.92. The zero-order valence-corrected chi connectivity index (χ0v) is 14.3. The Kier molecular flexibility index (Phi) is 7.36. The van der Waals surface area contributed by atoms with Gasteiger partial charge in [0, 0.05) is 8.96 Å². The molecule has 0 amide bonds. The lowest BCUT2D eigenvalue weighted by atomic mass is 9.99. The fraction of sp³-hybridized carbons (Fsp3) is 0.250. The highest BCUT2D eigenvalue weighted by atomic mass is 79.9. The second-order valence-corrected chi connectivity index (χ2v) is 5.72. The highest BCUT2D eigenvalue weighted by Gasteiger charge is 2.07. The summed E-state index contributed by atoms with van der Waals surface area (Å²) in [6, 6.07) is 8.22. The largest absolute Gasteiger partial charge is 0.392 e. The molecule has 1 nitrogen and oxygen atoms in total. The van der Waals surface area contributed by atoms with Crippen LogP contribution < -0.4 is 0 Å². The molecule has 0 fully saturated rings. The third-order valence-electron chi connectivity index (χ3n) is 2.62. The number of allylic oxidation sites excluding steroid dienone is 5.